The van der Waals surface area contributed by atoms with Crippen molar-refractivity contribution in [1.82, 2.24) is 5.32 Å². The Morgan fingerprint density at radius 2 is 2.00 bits per heavy atom. The van der Waals surface area contributed by atoms with E-state index in [4.69, 9.17) is 0 Å². The van der Waals surface area contributed by atoms with Crippen LogP contribution in [-0.2, 0) is 0 Å². The molecule has 1 heterocycles. The van der Waals surface area contributed by atoms with Crippen molar-refractivity contribution in [2.24, 2.45) is 0 Å². The highest BCUT2D eigenvalue weighted by molar-refractivity contribution is 9.10. The van der Waals surface area contributed by atoms with Crippen molar-refractivity contribution in [2.75, 3.05) is 25.0 Å². The SMILES string of the molecule is CNC1CCCN(c2c(F)cc(Br)cc2F)C1. The molecule has 2 nitrogen and oxygen atoms in total. The van der Waals surface area contributed by atoms with Gasteiger partial charge in [-0.2, -0.15) is 0 Å². The van der Waals surface area contributed by atoms with E-state index in [0.29, 0.717) is 23.6 Å². The Labute approximate surface area is 108 Å². The van der Waals surface area contributed by atoms with Gasteiger partial charge in [-0.15, -0.1) is 0 Å². The summed E-state index contributed by atoms with van der Waals surface area (Å²) in [4.78, 5) is 1.78. The summed E-state index contributed by atoms with van der Waals surface area (Å²) >= 11 is 3.09. The predicted molar refractivity (Wildman–Crippen MR) is 68.4 cm³/mol. The van der Waals surface area contributed by atoms with Crippen LogP contribution in [0.1, 0.15) is 12.8 Å². The highest BCUT2D eigenvalue weighted by Gasteiger charge is 2.23. The number of nitrogens with zero attached hydrogens (tertiary/aromatic N) is 1. The molecule has 2 rings (SSSR count). The summed E-state index contributed by atoms with van der Waals surface area (Å²) in [5.41, 5.74) is 0.0909. The van der Waals surface area contributed by atoms with E-state index in [9.17, 15) is 8.78 Å². The second-order valence-corrected chi connectivity index (χ2v) is 5.21. The summed E-state index contributed by atoms with van der Waals surface area (Å²) in [7, 11) is 1.88. The first-order valence-corrected chi connectivity index (χ1v) is 6.48. The molecule has 1 aromatic rings. The molecule has 0 amide bonds. The molecule has 5 heteroatoms. The second kappa shape index (κ2) is 5.31. The van der Waals surface area contributed by atoms with Crippen molar-refractivity contribution in [3.63, 3.8) is 0 Å². The lowest BCUT2D eigenvalue weighted by Gasteiger charge is -2.34. The lowest BCUT2D eigenvalue weighted by atomic mass is 10.0. The summed E-state index contributed by atoms with van der Waals surface area (Å²) in [6.07, 6.45) is 1.99. The van der Waals surface area contributed by atoms with E-state index in [1.165, 1.54) is 12.1 Å². The molecule has 1 N–H and O–H groups in total. The summed E-state index contributed by atoms with van der Waals surface area (Å²) in [5.74, 6) is -1.01. The van der Waals surface area contributed by atoms with E-state index < -0.39 is 11.6 Å². The fourth-order valence-electron chi connectivity index (χ4n) is 2.25. The van der Waals surface area contributed by atoms with Crippen molar-refractivity contribution < 1.29 is 8.78 Å². The van der Waals surface area contributed by atoms with Gasteiger partial charge >= 0.3 is 0 Å². The van der Waals surface area contributed by atoms with Crippen molar-refractivity contribution in [3.8, 4) is 0 Å². The Hall–Kier alpha value is -0.680. The Morgan fingerprint density at radius 1 is 1.35 bits per heavy atom. The number of rotatable bonds is 2. The zero-order valence-corrected chi connectivity index (χ0v) is 11.2. The molecule has 0 saturated carbocycles. The number of hydrogen-bond donors (Lipinski definition) is 1. The van der Waals surface area contributed by atoms with Gasteiger partial charge in [-0.3, -0.25) is 0 Å². The van der Waals surface area contributed by atoms with Gasteiger partial charge in [0.25, 0.3) is 0 Å². The fraction of sp³-hybridized carbons (Fsp3) is 0.500. The van der Waals surface area contributed by atoms with Crippen LogP contribution in [0.3, 0.4) is 0 Å². The summed E-state index contributed by atoms with van der Waals surface area (Å²) in [6, 6.07) is 2.91. The average molecular weight is 305 g/mol. The first-order chi connectivity index (χ1) is 8.11. The molecular formula is C12H15BrF2N2. The molecule has 1 aromatic carbocycles. The minimum absolute atomic E-state index is 0.0909. The molecule has 1 aliphatic rings. The standard InChI is InChI=1S/C12H15BrF2N2/c1-16-9-3-2-4-17(7-9)12-10(14)5-8(13)6-11(12)15/h5-6,9,16H,2-4,7H2,1H3. The lowest BCUT2D eigenvalue weighted by Crippen LogP contribution is -2.45. The summed E-state index contributed by atoms with van der Waals surface area (Å²) in [6.45, 7) is 1.35. The van der Waals surface area contributed by atoms with Gasteiger partial charge in [0, 0.05) is 23.6 Å². The number of anilines is 1. The Bertz CT molecular complexity index is 388. The molecule has 1 aliphatic heterocycles. The first-order valence-electron chi connectivity index (χ1n) is 5.68. The number of hydrogen-bond acceptors (Lipinski definition) is 2. The fourth-order valence-corrected chi connectivity index (χ4v) is 2.65. The normalized spacial score (nSPS) is 20.7. The topological polar surface area (TPSA) is 15.3 Å². The lowest BCUT2D eigenvalue weighted by molar-refractivity contribution is 0.439. The third-order valence-corrected chi connectivity index (χ3v) is 3.59. The van der Waals surface area contributed by atoms with Gasteiger partial charge in [0.15, 0.2) is 11.6 Å². The molecule has 17 heavy (non-hydrogen) atoms. The maximum atomic E-state index is 13.8. The first kappa shape index (κ1) is 12.8. The molecule has 1 unspecified atom stereocenters. The smallest absolute Gasteiger partial charge is 0.150 e. The minimum atomic E-state index is -0.506. The van der Waals surface area contributed by atoms with Gasteiger partial charge < -0.3 is 10.2 Å². The van der Waals surface area contributed by atoms with Crippen molar-refractivity contribution >= 4 is 21.6 Å². The molecule has 0 aliphatic carbocycles. The van der Waals surface area contributed by atoms with Crippen LogP contribution in [0.15, 0.2) is 16.6 Å². The van der Waals surface area contributed by atoms with E-state index in [-0.39, 0.29) is 5.69 Å². The van der Waals surface area contributed by atoms with Gasteiger partial charge in [0.05, 0.1) is 0 Å². The van der Waals surface area contributed by atoms with Crippen molar-refractivity contribution in [1.29, 1.82) is 0 Å². The molecule has 0 radical (unpaired) electrons. The summed E-state index contributed by atoms with van der Waals surface area (Å²) < 4.78 is 28.0. The maximum Gasteiger partial charge on any atom is 0.150 e. The van der Waals surface area contributed by atoms with Crippen LogP contribution in [0.4, 0.5) is 14.5 Å². The number of likely N-dealkylation sites (N-methyl/N-ethyl adjacent to an activating group) is 1. The van der Waals surface area contributed by atoms with Gasteiger partial charge in [0.1, 0.15) is 5.69 Å². The number of benzene rings is 1. The quantitative estimate of drug-likeness (QED) is 0.904. The van der Waals surface area contributed by atoms with E-state index in [0.717, 1.165) is 12.8 Å². The zero-order valence-electron chi connectivity index (χ0n) is 9.64. The van der Waals surface area contributed by atoms with Crippen LogP contribution in [0.5, 0.6) is 0 Å². The van der Waals surface area contributed by atoms with Crippen molar-refractivity contribution in [3.05, 3.63) is 28.2 Å². The van der Waals surface area contributed by atoms with Crippen LogP contribution >= 0.6 is 15.9 Å². The van der Waals surface area contributed by atoms with Gasteiger partial charge in [-0.05, 0) is 32.0 Å². The predicted octanol–water partition coefficient (Wildman–Crippen LogP) is 2.92. The molecule has 1 atom stereocenters. The van der Waals surface area contributed by atoms with Crippen molar-refractivity contribution in [2.45, 2.75) is 18.9 Å². The van der Waals surface area contributed by atoms with Gasteiger partial charge in [-0.25, -0.2) is 8.78 Å². The van der Waals surface area contributed by atoms with Crippen LogP contribution in [0.2, 0.25) is 0 Å². The molecule has 1 fully saturated rings. The number of nitrogens with one attached hydrogen (secondary N) is 1. The monoisotopic (exact) mass is 304 g/mol. The Kier molecular flexibility index (Phi) is 3.99. The number of halogens is 3. The van der Waals surface area contributed by atoms with E-state index in [1.807, 2.05) is 7.05 Å². The molecule has 94 valence electrons. The average Bonchev–Trinajstić information content (AvgIpc) is 2.28. The third kappa shape index (κ3) is 2.77. The van der Waals surface area contributed by atoms with Crippen LogP contribution in [0.25, 0.3) is 0 Å². The molecule has 0 aromatic heterocycles. The largest absolute Gasteiger partial charge is 0.365 e. The van der Waals surface area contributed by atoms with Gasteiger partial charge in [-0.1, -0.05) is 15.9 Å². The van der Waals surface area contributed by atoms with Crippen LogP contribution in [0, 0.1) is 11.6 Å². The second-order valence-electron chi connectivity index (χ2n) is 4.29. The van der Waals surface area contributed by atoms with Gasteiger partial charge in [0.2, 0.25) is 0 Å². The highest BCUT2D eigenvalue weighted by atomic mass is 79.9. The van der Waals surface area contributed by atoms with Crippen LogP contribution in [-0.4, -0.2) is 26.2 Å². The molecule has 1 saturated heterocycles. The molecule has 0 spiro atoms. The minimum Gasteiger partial charge on any atom is -0.365 e. The third-order valence-electron chi connectivity index (χ3n) is 3.13. The Morgan fingerprint density at radius 3 is 2.59 bits per heavy atom. The maximum absolute atomic E-state index is 13.8. The van der Waals surface area contributed by atoms with Crippen LogP contribution < -0.4 is 10.2 Å². The highest BCUT2D eigenvalue weighted by Crippen LogP contribution is 2.29. The molecular weight excluding hydrogens is 290 g/mol. The summed E-state index contributed by atoms with van der Waals surface area (Å²) in [5, 5.41) is 3.16. The van der Waals surface area contributed by atoms with E-state index in [1.54, 1.807) is 4.90 Å². The van der Waals surface area contributed by atoms with E-state index >= 15 is 0 Å². The molecule has 0 bridgehead atoms. The number of piperidine rings is 1. The van der Waals surface area contributed by atoms with E-state index in [2.05, 4.69) is 21.2 Å². The Balaban J connectivity index is 2.27. The zero-order chi connectivity index (χ0) is 12.4.